The number of ether oxygens (including phenoxy) is 1. The van der Waals surface area contributed by atoms with Crippen LogP contribution in [0.4, 0.5) is 0 Å². The number of aromatic hydroxyl groups is 1. The van der Waals surface area contributed by atoms with Gasteiger partial charge in [0.1, 0.15) is 17.4 Å². The number of phenols is 1. The third-order valence-corrected chi connectivity index (χ3v) is 4.31. The Bertz CT molecular complexity index is 746. The van der Waals surface area contributed by atoms with E-state index in [1.807, 2.05) is 17.9 Å². The average Bonchev–Trinajstić information content (AvgIpc) is 2.58. The molecule has 1 fully saturated rings. The molecule has 6 nitrogen and oxygen atoms in total. The zero-order valence-electron chi connectivity index (χ0n) is 14.3. The molecule has 2 aliphatic rings. The number of hydrogen-bond donors (Lipinski definition) is 1. The van der Waals surface area contributed by atoms with Crippen molar-refractivity contribution in [1.29, 1.82) is 0 Å². The SMILES string of the molecule is Cc1ccc(CC(=O)CC2=NC(N3CCOCC3)=CC(=O)C2)c(O)c1. The zero-order valence-corrected chi connectivity index (χ0v) is 14.3. The van der Waals surface area contributed by atoms with Crippen LogP contribution in [-0.4, -0.2) is 53.6 Å². The predicted molar refractivity (Wildman–Crippen MR) is 93.7 cm³/mol. The lowest BCUT2D eigenvalue weighted by Crippen LogP contribution is -2.36. The van der Waals surface area contributed by atoms with Gasteiger partial charge in [-0.05, 0) is 18.6 Å². The molecule has 0 saturated carbocycles. The molecule has 6 heteroatoms. The van der Waals surface area contributed by atoms with Gasteiger partial charge in [-0.25, -0.2) is 4.99 Å². The fourth-order valence-corrected chi connectivity index (χ4v) is 3.01. The van der Waals surface area contributed by atoms with E-state index in [4.69, 9.17) is 4.74 Å². The molecule has 2 heterocycles. The maximum absolute atomic E-state index is 12.4. The highest BCUT2D eigenvalue weighted by atomic mass is 16.5. The predicted octanol–water partition coefficient (Wildman–Crippen LogP) is 1.79. The average molecular weight is 342 g/mol. The molecule has 0 atom stereocenters. The van der Waals surface area contributed by atoms with Gasteiger partial charge < -0.3 is 14.7 Å². The molecule has 1 aromatic carbocycles. The molecule has 1 N–H and O–H groups in total. The van der Waals surface area contributed by atoms with Gasteiger partial charge in [-0.2, -0.15) is 0 Å². The van der Waals surface area contributed by atoms with E-state index in [0.29, 0.717) is 43.4 Å². The number of carbonyl (C=O) groups excluding carboxylic acids is 2. The lowest BCUT2D eigenvalue weighted by Gasteiger charge is -2.30. The van der Waals surface area contributed by atoms with Crippen LogP contribution in [0.1, 0.15) is 24.0 Å². The molecule has 0 aromatic heterocycles. The summed E-state index contributed by atoms with van der Waals surface area (Å²) < 4.78 is 5.31. The fourth-order valence-electron chi connectivity index (χ4n) is 3.01. The smallest absolute Gasteiger partial charge is 0.164 e. The summed E-state index contributed by atoms with van der Waals surface area (Å²) in [5.74, 6) is 0.663. The summed E-state index contributed by atoms with van der Waals surface area (Å²) in [6.07, 6.45) is 1.99. The Morgan fingerprint density at radius 1 is 1.28 bits per heavy atom. The Morgan fingerprint density at radius 3 is 2.76 bits per heavy atom. The van der Waals surface area contributed by atoms with Crippen molar-refractivity contribution >= 4 is 17.3 Å². The van der Waals surface area contributed by atoms with E-state index in [-0.39, 0.29) is 36.6 Å². The molecule has 1 saturated heterocycles. The first kappa shape index (κ1) is 17.4. The number of aryl methyl sites for hydroxylation is 1. The van der Waals surface area contributed by atoms with Crippen LogP contribution in [0.2, 0.25) is 0 Å². The second-order valence-corrected chi connectivity index (χ2v) is 6.45. The van der Waals surface area contributed by atoms with Gasteiger partial charge in [0.15, 0.2) is 5.78 Å². The van der Waals surface area contributed by atoms with E-state index in [1.165, 1.54) is 0 Å². The minimum Gasteiger partial charge on any atom is -0.508 e. The van der Waals surface area contributed by atoms with Gasteiger partial charge in [-0.15, -0.1) is 0 Å². The number of rotatable bonds is 5. The van der Waals surface area contributed by atoms with Crippen molar-refractivity contribution in [3.8, 4) is 5.75 Å². The molecule has 132 valence electrons. The van der Waals surface area contributed by atoms with E-state index < -0.39 is 0 Å². The number of benzene rings is 1. The molecule has 0 radical (unpaired) electrons. The number of carbonyl (C=O) groups is 2. The monoisotopic (exact) mass is 342 g/mol. The van der Waals surface area contributed by atoms with Gasteiger partial charge in [0, 0.05) is 49.7 Å². The molecule has 3 rings (SSSR count). The second kappa shape index (κ2) is 7.61. The Morgan fingerprint density at radius 2 is 2.04 bits per heavy atom. The van der Waals surface area contributed by atoms with Crippen LogP contribution < -0.4 is 0 Å². The first-order valence-corrected chi connectivity index (χ1v) is 8.45. The number of nitrogens with zero attached hydrogens (tertiary/aromatic N) is 2. The Labute approximate surface area is 146 Å². The van der Waals surface area contributed by atoms with Crippen LogP contribution in [0, 0.1) is 6.92 Å². The summed E-state index contributed by atoms with van der Waals surface area (Å²) in [5.41, 5.74) is 2.13. The summed E-state index contributed by atoms with van der Waals surface area (Å²) in [7, 11) is 0. The number of morpholine rings is 1. The molecular formula is C19H22N2O4. The maximum Gasteiger partial charge on any atom is 0.164 e. The highest BCUT2D eigenvalue weighted by Crippen LogP contribution is 2.21. The van der Waals surface area contributed by atoms with Crippen LogP contribution in [0.25, 0.3) is 0 Å². The van der Waals surface area contributed by atoms with E-state index in [9.17, 15) is 14.7 Å². The Hall–Kier alpha value is -2.47. The molecule has 0 spiro atoms. The van der Waals surface area contributed by atoms with Gasteiger partial charge >= 0.3 is 0 Å². The number of allylic oxidation sites excluding steroid dienone is 1. The number of aliphatic imine (C=N–C) groups is 1. The fraction of sp³-hybridized carbons (Fsp3) is 0.421. The van der Waals surface area contributed by atoms with Crippen molar-refractivity contribution in [2.45, 2.75) is 26.2 Å². The van der Waals surface area contributed by atoms with Gasteiger partial charge in [0.25, 0.3) is 0 Å². The van der Waals surface area contributed by atoms with Crippen LogP contribution in [0.5, 0.6) is 5.75 Å². The van der Waals surface area contributed by atoms with E-state index in [0.717, 1.165) is 5.56 Å². The number of hydrogen-bond acceptors (Lipinski definition) is 6. The zero-order chi connectivity index (χ0) is 17.8. The van der Waals surface area contributed by atoms with Crippen LogP contribution in [0.3, 0.4) is 0 Å². The van der Waals surface area contributed by atoms with Gasteiger partial charge in [0.05, 0.1) is 13.2 Å². The first-order valence-electron chi connectivity index (χ1n) is 8.45. The molecule has 0 bridgehead atoms. The topological polar surface area (TPSA) is 79.2 Å². The minimum atomic E-state index is -0.0612. The molecule has 2 aliphatic heterocycles. The maximum atomic E-state index is 12.4. The normalized spacial score (nSPS) is 18.0. The van der Waals surface area contributed by atoms with Crippen molar-refractivity contribution in [3.63, 3.8) is 0 Å². The quantitative estimate of drug-likeness (QED) is 0.882. The van der Waals surface area contributed by atoms with Gasteiger partial charge in [-0.3, -0.25) is 9.59 Å². The highest BCUT2D eigenvalue weighted by Gasteiger charge is 2.21. The third-order valence-electron chi connectivity index (χ3n) is 4.31. The molecule has 25 heavy (non-hydrogen) atoms. The highest BCUT2D eigenvalue weighted by molar-refractivity contribution is 6.14. The number of Topliss-reactive ketones (excluding diaryl/α,β-unsaturated/α-hetero) is 1. The van der Waals surface area contributed by atoms with Crippen LogP contribution >= 0.6 is 0 Å². The molecule has 0 unspecified atom stereocenters. The molecule has 0 aliphatic carbocycles. The molecule has 1 aromatic rings. The van der Waals surface area contributed by atoms with Crippen molar-refractivity contribution in [1.82, 2.24) is 4.90 Å². The summed E-state index contributed by atoms with van der Waals surface area (Å²) in [4.78, 5) is 30.9. The summed E-state index contributed by atoms with van der Waals surface area (Å²) in [5, 5.41) is 9.94. The summed E-state index contributed by atoms with van der Waals surface area (Å²) in [6, 6.07) is 5.27. The third kappa shape index (κ3) is 4.54. The largest absolute Gasteiger partial charge is 0.508 e. The van der Waals surface area contributed by atoms with Gasteiger partial charge in [-0.1, -0.05) is 12.1 Å². The first-order chi connectivity index (χ1) is 12.0. The standard InChI is InChI=1S/C19H22N2O4/c1-13-2-3-14(18(24)8-13)9-16(22)10-15-11-17(23)12-19(20-15)21-4-6-25-7-5-21/h2-3,8,12,24H,4-7,9-11H2,1H3. The van der Waals surface area contributed by atoms with Crippen molar-refractivity contribution in [2.75, 3.05) is 26.3 Å². The Balaban J connectivity index is 1.66. The van der Waals surface area contributed by atoms with Crippen LogP contribution in [-0.2, 0) is 20.7 Å². The summed E-state index contributed by atoms with van der Waals surface area (Å²) >= 11 is 0. The van der Waals surface area contributed by atoms with E-state index in [2.05, 4.69) is 4.99 Å². The van der Waals surface area contributed by atoms with E-state index >= 15 is 0 Å². The summed E-state index contributed by atoms with van der Waals surface area (Å²) in [6.45, 7) is 4.50. The number of ketones is 2. The second-order valence-electron chi connectivity index (χ2n) is 6.45. The van der Waals surface area contributed by atoms with Crippen molar-refractivity contribution in [2.24, 2.45) is 4.99 Å². The minimum absolute atomic E-state index is 0.0301. The van der Waals surface area contributed by atoms with E-state index in [1.54, 1.807) is 18.2 Å². The van der Waals surface area contributed by atoms with Gasteiger partial charge in [0.2, 0.25) is 0 Å². The van der Waals surface area contributed by atoms with Crippen molar-refractivity contribution < 1.29 is 19.4 Å². The Kier molecular flexibility index (Phi) is 5.28. The lowest BCUT2D eigenvalue weighted by atomic mass is 9.99. The van der Waals surface area contributed by atoms with Crippen molar-refractivity contribution in [3.05, 3.63) is 41.2 Å². The molecular weight excluding hydrogens is 320 g/mol. The lowest BCUT2D eigenvalue weighted by molar-refractivity contribution is -0.117. The number of phenolic OH excluding ortho intramolecular Hbond substituents is 1. The molecule has 0 amide bonds. The van der Waals surface area contributed by atoms with Crippen LogP contribution in [0.15, 0.2) is 35.1 Å².